The van der Waals surface area contributed by atoms with E-state index in [-0.39, 0.29) is 0 Å². The first-order valence-corrected chi connectivity index (χ1v) is 5.98. The maximum absolute atomic E-state index is 10.7. The van der Waals surface area contributed by atoms with Crippen molar-refractivity contribution in [1.82, 2.24) is 5.32 Å². The van der Waals surface area contributed by atoms with E-state index in [4.69, 9.17) is 5.11 Å². The van der Waals surface area contributed by atoms with Gasteiger partial charge in [-0.15, -0.1) is 11.3 Å². The van der Waals surface area contributed by atoms with Crippen LogP contribution in [0.15, 0.2) is 17.1 Å². The lowest BCUT2D eigenvalue weighted by molar-refractivity contribution is 0.0702. The molecule has 0 bridgehead atoms. The first kappa shape index (κ1) is 12.4. The van der Waals surface area contributed by atoms with E-state index < -0.39 is 5.97 Å². The molecule has 0 fully saturated rings. The van der Waals surface area contributed by atoms with Crippen LogP contribution < -0.4 is 5.32 Å². The van der Waals surface area contributed by atoms with Gasteiger partial charge in [-0.05, 0) is 18.6 Å². The molecule has 0 atom stereocenters. The molecule has 0 aliphatic heterocycles. The van der Waals surface area contributed by atoms with E-state index in [9.17, 15) is 4.79 Å². The monoisotopic (exact) mass is 289 g/mol. The molecule has 0 aliphatic rings. The zero-order chi connectivity index (χ0) is 11.4. The van der Waals surface area contributed by atoms with Crippen molar-refractivity contribution in [3.8, 4) is 0 Å². The summed E-state index contributed by atoms with van der Waals surface area (Å²) in [6, 6.07) is 1.71. The Balaban J connectivity index is 2.61. The molecule has 5 heteroatoms. The van der Waals surface area contributed by atoms with Gasteiger partial charge in [-0.1, -0.05) is 22.5 Å². The molecule has 82 valence electrons. The van der Waals surface area contributed by atoms with Gasteiger partial charge in [0.25, 0.3) is 0 Å². The number of rotatable bonds is 5. The van der Waals surface area contributed by atoms with Crippen molar-refractivity contribution in [2.24, 2.45) is 0 Å². The Morgan fingerprint density at radius 3 is 2.87 bits per heavy atom. The van der Waals surface area contributed by atoms with Crippen LogP contribution in [0, 0.1) is 6.92 Å². The first-order chi connectivity index (χ1) is 7.00. The van der Waals surface area contributed by atoms with Crippen LogP contribution in [-0.4, -0.2) is 17.6 Å². The molecule has 2 N–H and O–H groups in total. The Labute approximate surface area is 101 Å². The standard InChI is InChI=1S/C10H12BrNO2S/c1-6(11)4-12-5-8-3-9(10(13)14)15-7(8)2/h3,12H,1,4-5H2,2H3,(H,13,14). The van der Waals surface area contributed by atoms with Gasteiger partial charge in [-0.2, -0.15) is 0 Å². The Morgan fingerprint density at radius 2 is 2.40 bits per heavy atom. The Morgan fingerprint density at radius 1 is 1.73 bits per heavy atom. The van der Waals surface area contributed by atoms with Gasteiger partial charge in [0.2, 0.25) is 0 Å². The summed E-state index contributed by atoms with van der Waals surface area (Å²) in [5, 5.41) is 12.0. The Kier molecular flexibility index (Phi) is 4.50. The molecule has 0 amide bonds. The van der Waals surface area contributed by atoms with Crippen LogP contribution in [0.25, 0.3) is 0 Å². The lowest BCUT2D eigenvalue weighted by atomic mass is 10.2. The minimum atomic E-state index is -0.862. The second kappa shape index (κ2) is 5.44. The number of hydrogen-bond acceptors (Lipinski definition) is 3. The lowest BCUT2D eigenvalue weighted by Gasteiger charge is -2.01. The third-order valence-electron chi connectivity index (χ3n) is 1.86. The lowest BCUT2D eigenvalue weighted by Crippen LogP contribution is -2.14. The average molecular weight is 290 g/mol. The van der Waals surface area contributed by atoms with Crippen LogP contribution in [0.5, 0.6) is 0 Å². The highest BCUT2D eigenvalue weighted by Gasteiger charge is 2.10. The molecule has 0 aliphatic carbocycles. The van der Waals surface area contributed by atoms with E-state index in [2.05, 4.69) is 27.8 Å². The molecular weight excluding hydrogens is 278 g/mol. The molecular formula is C10H12BrNO2S. The number of carbonyl (C=O) groups is 1. The maximum atomic E-state index is 10.7. The van der Waals surface area contributed by atoms with E-state index in [1.165, 1.54) is 11.3 Å². The largest absolute Gasteiger partial charge is 0.477 e. The van der Waals surface area contributed by atoms with Crippen LogP contribution >= 0.6 is 27.3 Å². The normalized spacial score (nSPS) is 10.3. The van der Waals surface area contributed by atoms with Crippen molar-refractivity contribution in [3.63, 3.8) is 0 Å². The third kappa shape index (κ3) is 3.77. The van der Waals surface area contributed by atoms with Gasteiger partial charge in [0.1, 0.15) is 4.88 Å². The minimum absolute atomic E-state index is 0.391. The molecule has 0 saturated carbocycles. The fraction of sp³-hybridized carbons (Fsp3) is 0.300. The van der Waals surface area contributed by atoms with Crippen molar-refractivity contribution >= 4 is 33.2 Å². The van der Waals surface area contributed by atoms with Crippen molar-refractivity contribution in [2.75, 3.05) is 6.54 Å². The number of hydrogen-bond donors (Lipinski definition) is 2. The highest BCUT2D eigenvalue weighted by atomic mass is 79.9. The van der Waals surface area contributed by atoms with Crippen molar-refractivity contribution in [1.29, 1.82) is 0 Å². The van der Waals surface area contributed by atoms with E-state index in [0.717, 1.165) is 14.9 Å². The zero-order valence-electron chi connectivity index (χ0n) is 8.34. The quantitative estimate of drug-likeness (QED) is 0.876. The third-order valence-corrected chi connectivity index (χ3v) is 3.22. The number of carboxylic acid groups (broad SMARTS) is 1. The maximum Gasteiger partial charge on any atom is 0.345 e. The van der Waals surface area contributed by atoms with Gasteiger partial charge in [-0.3, -0.25) is 0 Å². The number of thiophene rings is 1. The minimum Gasteiger partial charge on any atom is -0.477 e. The van der Waals surface area contributed by atoms with Crippen molar-refractivity contribution in [2.45, 2.75) is 13.5 Å². The molecule has 0 radical (unpaired) electrons. The van der Waals surface area contributed by atoms with Crippen molar-refractivity contribution in [3.05, 3.63) is 32.4 Å². The molecule has 1 rings (SSSR count). The number of carboxylic acids is 1. The van der Waals surface area contributed by atoms with Gasteiger partial charge >= 0.3 is 5.97 Å². The van der Waals surface area contributed by atoms with Crippen molar-refractivity contribution < 1.29 is 9.90 Å². The molecule has 0 aromatic carbocycles. The molecule has 1 aromatic rings. The Bertz CT molecular complexity index is 387. The van der Waals surface area contributed by atoms with E-state index in [1.54, 1.807) is 6.07 Å². The predicted molar refractivity (Wildman–Crippen MR) is 65.8 cm³/mol. The van der Waals surface area contributed by atoms with Crippen LogP contribution in [0.4, 0.5) is 0 Å². The highest BCUT2D eigenvalue weighted by molar-refractivity contribution is 9.11. The smallest absolute Gasteiger partial charge is 0.345 e. The highest BCUT2D eigenvalue weighted by Crippen LogP contribution is 2.21. The second-order valence-corrected chi connectivity index (χ2v) is 5.50. The average Bonchev–Trinajstić information content (AvgIpc) is 2.47. The molecule has 3 nitrogen and oxygen atoms in total. The summed E-state index contributed by atoms with van der Waals surface area (Å²) in [6.07, 6.45) is 0. The molecule has 15 heavy (non-hydrogen) atoms. The first-order valence-electron chi connectivity index (χ1n) is 4.37. The van der Waals surface area contributed by atoms with Gasteiger partial charge in [0.05, 0.1) is 0 Å². The number of nitrogens with one attached hydrogen (secondary N) is 1. The Hall–Kier alpha value is -0.650. The summed E-state index contributed by atoms with van der Waals surface area (Å²) in [5.41, 5.74) is 1.03. The van der Waals surface area contributed by atoms with Crippen LogP contribution in [-0.2, 0) is 6.54 Å². The molecule has 0 saturated heterocycles. The fourth-order valence-corrected chi connectivity index (χ4v) is 2.21. The van der Waals surface area contributed by atoms with E-state index in [0.29, 0.717) is 18.0 Å². The predicted octanol–water partition coefficient (Wildman–Crippen LogP) is 2.75. The fourth-order valence-electron chi connectivity index (χ4n) is 1.13. The summed E-state index contributed by atoms with van der Waals surface area (Å²) in [7, 11) is 0. The zero-order valence-corrected chi connectivity index (χ0v) is 10.7. The van der Waals surface area contributed by atoms with Crippen LogP contribution in [0.2, 0.25) is 0 Å². The molecule has 0 unspecified atom stereocenters. The van der Waals surface area contributed by atoms with Crippen LogP contribution in [0.1, 0.15) is 20.1 Å². The van der Waals surface area contributed by atoms with Gasteiger partial charge in [-0.25, -0.2) is 4.79 Å². The molecule has 0 spiro atoms. The summed E-state index contributed by atoms with van der Waals surface area (Å²) >= 11 is 4.55. The molecule has 1 heterocycles. The van der Waals surface area contributed by atoms with E-state index in [1.807, 2.05) is 6.92 Å². The number of aryl methyl sites for hydroxylation is 1. The summed E-state index contributed by atoms with van der Waals surface area (Å²) < 4.78 is 0.883. The molecule has 1 aromatic heterocycles. The van der Waals surface area contributed by atoms with Gasteiger partial charge in [0, 0.05) is 22.4 Å². The summed E-state index contributed by atoms with van der Waals surface area (Å²) in [5.74, 6) is -0.862. The number of aromatic carboxylic acids is 1. The summed E-state index contributed by atoms with van der Waals surface area (Å²) in [6.45, 7) is 6.98. The van der Waals surface area contributed by atoms with E-state index >= 15 is 0 Å². The number of halogens is 1. The topological polar surface area (TPSA) is 49.3 Å². The van der Waals surface area contributed by atoms with Gasteiger partial charge < -0.3 is 10.4 Å². The summed E-state index contributed by atoms with van der Waals surface area (Å²) in [4.78, 5) is 12.1. The van der Waals surface area contributed by atoms with Gasteiger partial charge in [0.15, 0.2) is 0 Å². The van der Waals surface area contributed by atoms with Crippen LogP contribution in [0.3, 0.4) is 0 Å². The SMILES string of the molecule is C=C(Br)CNCc1cc(C(=O)O)sc1C. The second-order valence-electron chi connectivity index (χ2n) is 3.12.